The highest BCUT2D eigenvalue weighted by molar-refractivity contribution is 7.92. The van der Waals surface area contributed by atoms with Crippen LogP contribution in [-0.4, -0.2) is 78.0 Å². The van der Waals surface area contributed by atoms with Crippen LogP contribution in [0.3, 0.4) is 0 Å². The third kappa shape index (κ3) is 7.65. The number of ether oxygens (including phenoxy) is 2. The summed E-state index contributed by atoms with van der Waals surface area (Å²) in [5.74, 6) is 0.352. The molecular formula is C19H31N3O5S. The third-order valence-corrected chi connectivity index (χ3v) is 5.50. The van der Waals surface area contributed by atoms with E-state index in [-0.39, 0.29) is 12.5 Å². The molecule has 28 heavy (non-hydrogen) atoms. The fourth-order valence-electron chi connectivity index (χ4n) is 2.87. The molecule has 1 aliphatic rings. The maximum Gasteiger partial charge on any atom is 0.240 e. The fraction of sp³-hybridized carbons (Fsp3) is 0.632. The molecule has 0 unspecified atom stereocenters. The van der Waals surface area contributed by atoms with Gasteiger partial charge in [0.15, 0.2) is 0 Å². The number of sulfonamides is 1. The zero-order valence-corrected chi connectivity index (χ0v) is 17.5. The summed E-state index contributed by atoms with van der Waals surface area (Å²) in [6.45, 7) is 7.08. The van der Waals surface area contributed by atoms with Gasteiger partial charge in [-0.3, -0.25) is 14.0 Å². The molecule has 9 heteroatoms. The minimum Gasteiger partial charge on any atom is -0.494 e. The van der Waals surface area contributed by atoms with E-state index in [2.05, 4.69) is 10.2 Å². The number of rotatable bonds is 11. The maximum atomic E-state index is 12.3. The highest BCUT2D eigenvalue weighted by Gasteiger charge is 2.21. The van der Waals surface area contributed by atoms with Crippen molar-refractivity contribution in [3.05, 3.63) is 24.3 Å². The van der Waals surface area contributed by atoms with Gasteiger partial charge in [-0.15, -0.1) is 0 Å². The van der Waals surface area contributed by atoms with Gasteiger partial charge in [0.2, 0.25) is 15.9 Å². The lowest BCUT2D eigenvalue weighted by Crippen LogP contribution is -2.41. The van der Waals surface area contributed by atoms with Crippen molar-refractivity contribution in [2.24, 2.45) is 0 Å². The van der Waals surface area contributed by atoms with Gasteiger partial charge in [0.1, 0.15) is 12.3 Å². The number of carbonyl (C=O) groups is 1. The number of anilines is 1. The van der Waals surface area contributed by atoms with Crippen molar-refractivity contribution in [2.45, 2.75) is 19.8 Å². The smallest absolute Gasteiger partial charge is 0.240 e. The van der Waals surface area contributed by atoms with Gasteiger partial charge in [0.05, 0.1) is 31.8 Å². The van der Waals surface area contributed by atoms with E-state index < -0.39 is 10.0 Å². The number of hydrogen-bond donors (Lipinski definition) is 1. The Kier molecular flexibility index (Phi) is 9.01. The Morgan fingerprint density at radius 2 is 1.93 bits per heavy atom. The van der Waals surface area contributed by atoms with Crippen molar-refractivity contribution in [3.63, 3.8) is 0 Å². The number of hydrogen-bond acceptors (Lipinski definition) is 6. The normalized spacial score (nSPS) is 15.2. The Morgan fingerprint density at radius 1 is 1.25 bits per heavy atom. The van der Waals surface area contributed by atoms with Crippen LogP contribution in [0.25, 0.3) is 0 Å². The molecule has 1 aromatic rings. The molecule has 8 nitrogen and oxygen atoms in total. The summed E-state index contributed by atoms with van der Waals surface area (Å²) < 4.78 is 36.2. The topological polar surface area (TPSA) is 88.2 Å². The molecule has 1 fully saturated rings. The molecule has 0 aromatic heterocycles. The monoisotopic (exact) mass is 413 g/mol. The summed E-state index contributed by atoms with van der Waals surface area (Å²) in [5.41, 5.74) is 0.440. The second-order valence-corrected chi connectivity index (χ2v) is 8.68. The van der Waals surface area contributed by atoms with Crippen molar-refractivity contribution in [1.29, 1.82) is 0 Å². The molecule has 1 N–H and O–H groups in total. The van der Waals surface area contributed by atoms with E-state index in [1.54, 1.807) is 24.3 Å². The first-order valence-corrected chi connectivity index (χ1v) is 11.5. The average molecular weight is 414 g/mol. The molecule has 1 heterocycles. The van der Waals surface area contributed by atoms with Crippen LogP contribution in [0.1, 0.15) is 19.8 Å². The first kappa shape index (κ1) is 22.4. The number of nitrogens with one attached hydrogen (secondary N) is 1. The van der Waals surface area contributed by atoms with E-state index in [1.807, 2.05) is 6.92 Å². The Bertz CT molecular complexity index is 703. The first-order chi connectivity index (χ1) is 13.4. The molecule has 0 aliphatic carbocycles. The lowest BCUT2D eigenvalue weighted by molar-refractivity contribution is -0.119. The number of nitrogens with zero attached hydrogens (tertiary/aromatic N) is 2. The van der Waals surface area contributed by atoms with E-state index >= 15 is 0 Å². The molecule has 0 radical (unpaired) electrons. The fourth-order valence-corrected chi connectivity index (χ4v) is 3.73. The average Bonchev–Trinajstić information content (AvgIpc) is 2.68. The predicted octanol–water partition coefficient (Wildman–Crippen LogP) is 1.08. The Labute approximate surface area is 167 Å². The second-order valence-electron chi connectivity index (χ2n) is 6.77. The van der Waals surface area contributed by atoms with Crippen LogP contribution in [0, 0.1) is 0 Å². The number of morpholine rings is 1. The summed E-state index contributed by atoms with van der Waals surface area (Å²) in [7, 11) is -3.58. The molecule has 158 valence electrons. The molecular weight excluding hydrogens is 382 g/mol. The quantitative estimate of drug-likeness (QED) is 0.546. The summed E-state index contributed by atoms with van der Waals surface area (Å²) in [5, 5.41) is 2.81. The summed E-state index contributed by atoms with van der Waals surface area (Å²) in [6, 6.07) is 6.72. The third-order valence-electron chi connectivity index (χ3n) is 4.36. The van der Waals surface area contributed by atoms with Crippen LogP contribution in [0.5, 0.6) is 5.75 Å². The van der Waals surface area contributed by atoms with Crippen LogP contribution in [0.4, 0.5) is 5.69 Å². The Balaban J connectivity index is 1.84. The highest BCUT2D eigenvalue weighted by atomic mass is 32.2. The molecule has 0 atom stereocenters. The van der Waals surface area contributed by atoms with Gasteiger partial charge in [-0.2, -0.15) is 0 Å². The number of benzene rings is 1. The van der Waals surface area contributed by atoms with Gasteiger partial charge in [-0.1, -0.05) is 6.92 Å². The summed E-state index contributed by atoms with van der Waals surface area (Å²) in [6.07, 6.45) is 2.80. The zero-order valence-electron chi connectivity index (χ0n) is 16.7. The molecule has 0 saturated carbocycles. The number of carbonyl (C=O) groups excluding carboxylic acids is 1. The molecule has 1 aliphatic heterocycles. The van der Waals surface area contributed by atoms with E-state index in [0.29, 0.717) is 24.6 Å². The molecule has 1 amide bonds. The first-order valence-electron chi connectivity index (χ1n) is 9.67. The van der Waals surface area contributed by atoms with Crippen molar-refractivity contribution >= 4 is 21.6 Å². The molecule has 1 aromatic carbocycles. The van der Waals surface area contributed by atoms with Gasteiger partial charge in [-0.25, -0.2) is 8.42 Å². The van der Waals surface area contributed by atoms with Crippen molar-refractivity contribution in [2.75, 3.05) is 63.1 Å². The number of amides is 1. The Hall–Kier alpha value is -1.84. The lowest BCUT2D eigenvalue weighted by Gasteiger charge is -2.26. The van der Waals surface area contributed by atoms with E-state index in [4.69, 9.17) is 9.47 Å². The van der Waals surface area contributed by atoms with Crippen LogP contribution in [0.2, 0.25) is 0 Å². The second kappa shape index (κ2) is 11.2. The van der Waals surface area contributed by atoms with Crippen LogP contribution >= 0.6 is 0 Å². The van der Waals surface area contributed by atoms with Crippen molar-refractivity contribution in [1.82, 2.24) is 10.2 Å². The van der Waals surface area contributed by atoms with Gasteiger partial charge >= 0.3 is 0 Å². The molecule has 1 saturated heterocycles. The van der Waals surface area contributed by atoms with Crippen molar-refractivity contribution < 1.29 is 22.7 Å². The van der Waals surface area contributed by atoms with E-state index in [0.717, 1.165) is 56.3 Å². The highest BCUT2D eigenvalue weighted by Crippen LogP contribution is 2.21. The van der Waals surface area contributed by atoms with Gasteiger partial charge in [-0.05, 0) is 43.7 Å². The molecule has 0 bridgehead atoms. The SMILES string of the molecule is CCCOc1ccc(N(CC(=O)NCCCN2CCOCC2)S(C)(=O)=O)cc1. The largest absolute Gasteiger partial charge is 0.494 e. The van der Waals surface area contributed by atoms with Gasteiger partial charge in [0.25, 0.3) is 0 Å². The van der Waals surface area contributed by atoms with E-state index in [1.165, 1.54) is 0 Å². The summed E-state index contributed by atoms with van der Waals surface area (Å²) >= 11 is 0. The maximum absolute atomic E-state index is 12.3. The Morgan fingerprint density at radius 3 is 2.54 bits per heavy atom. The summed E-state index contributed by atoms with van der Waals surface area (Å²) in [4.78, 5) is 14.5. The minimum atomic E-state index is -3.58. The molecule has 0 spiro atoms. The predicted molar refractivity (Wildman–Crippen MR) is 109 cm³/mol. The zero-order chi connectivity index (χ0) is 20.4. The van der Waals surface area contributed by atoms with Crippen LogP contribution < -0.4 is 14.4 Å². The molecule has 2 rings (SSSR count). The van der Waals surface area contributed by atoms with Gasteiger partial charge in [0, 0.05) is 19.6 Å². The lowest BCUT2D eigenvalue weighted by atomic mass is 10.3. The van der Waals surface area contributed by atoms with Crippen LogP contribution in [0.15, 0.2) is 24.3 Å². The van der Waals surface area contributed by atoms with Crippen molar-refractivity contribution in [3.8, 4) is 5.75 Å². The van der Waals surface area contributed by atoms with Crippen LogP contribution in [-0.2, 0) is 19.6 Å². The minimum absolute atomic E-state index is 0.244. The standard InChI is InChI=1S/C19H31N3O5S/c1-3-13-27-18-7-5-17(6-8-18)22(28(2,24)25)16-19(23)20-9-4-10-21-11-14-26-15-12-21/h5-8H,3-4,9-16H2,1-2H3,(H,20,23). The van der Waals surface area contributed by atoms with Gasteiger partial charge < -0.3 is 14.8 Å². The van der Waals surface area contributed by atoms with E-state index in [9.17, 15) is 13.2 Å².